The molecule has 7 nitrogen and oxygen atoms in total. The van der Waals surface area contributed by atoms with Crippen LogP contribution in [0.1, 0.15) is 0 Å². The maximum atomic E-state index is 5.98. The highest BCUT2D eigenvalue weighted by Gasteiger charge is 2.07. The molecular weight excluding hydrogens is 366 g/mol. The van der Waals surface area contributed by atoms with Gasteiger partial charge in [-0.1, -0.05) is 36.4 Å². The fourth-order valence-corrected chi connectivity index (χ4v) is 2.66. The average Bonchev–Trinajstić information content (AvgIpc) is 2.76. The number of nitrogens with zero attached hydrogens (tertiary/aromatic N) is 3. The van der Waals surface area contributed by atoms with Gasteiger partial charge in [0.15, 0.2) is 11.6 Å². The Labute approximate surface area is 168 Å². The third kappa shape index (κ3) is 4.78. The quantitative estimate of drug-likeness (QED) is 0.455. The van der Waals surface area contributed by atoms with Crippen molar-refractivity contribution in [2.75, 3.05) is 17.7 Å². The Morgan fingerprint density at radius 3 is 2.45 bits per heavy atom. The molecule has 1 aromatic heterocycles. The van der Waals surface area contributed by atoms with Gasteiger partial charge in [0.1, 0.15) is 11.5 Å². The zero-order chi connectivity index (χ0) is 19.9. The van der Waals surface area contributed by atoms with Gasteiger partial charge in [-0.25, -0.2) is 0 Å². The van der Waals surface area contributed by atoms with Crippen LogP contribution in [0.5, 0.6) is 17.2 Å². The molecule has 0 fully saturated rings. The van der Waals surface area contributed by atoms with Gasteiger partial charge in [-0.3, -0.25) is 0 Å². The maximum Gasteiger partial charge on any atom is 0.249 e. The minimum absolute atomic E-state index is 0.365. The molecule has 0 spiro atoms. The van der Waals surface area contributed by atoms with Gasteiger partial charge in [0, 0.05) is 11.8 Å². The molecule has 29 heavy (non-hydrogen) atoms. The summed E-state index contributed by atoms with van der Waals surface area (Å²) in [5.41, 5.74) is 1.57. The fraction of sp³-hybridized carbons (Fsp3) is 0.0455. The zero-order valence-corrected chi connectivity index (χ0v) is 15.7. The van der Waals surface area contributed by atoms with Gasteiger partial charge in [0.05, 0.1) is 19.0 Å². The molecule has 4 rings (SSSR count). The van der Waals surface area contributed by atoms with Crippen molar-refractivity contribution >= 4 is 23.1 Å². The van der Waals surface area contributed by atoms with Crippen molar-refractivity contribution in [3.05, 3.63) is 85.1 Å². The number of benzene rings is 3. The van der Waals surface area contributed by atoms with Crippen LogP contribution in [0.15, 0.2) is 85.1 Å². The molecule has 0 amide bonds. The summed E-state index contributed by atoms with van der Waals surface area (Å²) in [6.45, 7) is 0. The lowest BCUT2D eigenvalue weighted by molar-refractivity contribution is 0.415. The summed E-state index contributed by atoms with van der Waals surface area (Å²) in [5.74, 6) is 3.08. The van der Waals surface area contributed by atoms with Crippen LogP contribution in [0.25, 0.3) is 0 Å². The van der Waals surface area contributed by atoms with E-state index in [-0.39, 0.29) is 0 Å². The van der Waals surface area contributed by atoms with Crippen molar-refractivity contribution in [2.45, 2.75) is 0 Å². The van der Waals surface area contributed by atoms with E-state index in [0.29, 0.717) is 17.5 Å². The monoisotopic (exact) mass is 385 g/mol. The second-order valence-electron chi connectivity index (χ2n) is 6.06. The van der Waals surface area contributed by atoms with Gasteiger partial charge in [0.2, 0.25) is 5.95 Å². The summed E-state index contributed by atoms with van der Waals surface area (Å²) >= 11 is 0. The first-order valence-corrected chi connectivity index (χ1v) is 9.00. The number of rotatable bonds is 7. The highest BCUT2D eigenvalue weighted by Crippen LogP contribution is 2.31. The van der Waals surface area contributed by atoms with Gasteiger partial charge >= 0.3 is 0 Å². The Hall–Kier alpha value is -4.13. The maximum absolute atomic E-state index is 5.98. The normalized spacial score (nSPS) is 10.2. The molecule has 0 atom stereocenters. The number of ether oxygens (including phenoxy) is 2. The van der Waals surface area contributed by atoms with Crippen LogP contribution in [0.3, 0.4) is 0 Å². The molecule has 1 heterocycles. The van der Waals surface area contributed by atoms with Crippen molar-refractivity contribution in [3.63, 3.8) is 0 Å². The molecule has 4 aromatic rings. The van der Waals surface area contributed by atoms with E-state index in [2.05, 4.69) is 25.8 Å². The predicted octanol–water partition coefficient (Wildman–Crippen LogP) is 5.16. The van der Waals surface area contributed by atoms with Crippen LogP contribution in [0.2, 0.25) is 0 Å². The summed E-state index contributed by atoms with van der Waals surface area (Å²) in [7, 11) is 1.62. The Bertz CT molecular complexity index is 1090. The number of anilines is 4. The summed E-state index contributed by atoms with van der Waals surface area (Å²) < 4.78 is 11.2. The summed E-state index contributed by atoms with van der Waals surface area (Å²) in [4.78, 5) is 4.47. The van der Waals surface area contributed by atoms with Crippen LogP contribution in [-0.4, -0.2) is 22.3 Å². The van der Waals surface area contributed by atoms with Gasteiger partial charge in [-0.05, 0) is 36.4 Å². The SMILES string of the molecule is COc1cccc(Nc2nncc(Nc3ccccc3Oc3ccccc3)n2)c1. The Morgan fingerprint density at radius 2 is 1.59 bits per heavy atom. The smallest absolute Gasteiger partial charge is 0.249 e. The molecule has 2 N–H and O–H groups in total. The number of methoxy groups -OCH3 is 1. The highest BCUT2D eigenvalue weighted by atomic mass is 16.5. The van der Waals surface area contributed by atoms with Crippen molar-refractivity contribution < 1.29 is 9.47 Å². The fourth-order valence-electron chi connectivity index (χ4n) is 2.66. The Balaban J connectivity index is 1.52. The molecule has 144 valence electrons. The Morgan fingerprint density at radius 1 is 0.793 bits per heavy atom. The average molecular weight is 385 g/mol. The number of hydrogen-bond donors (Lipinski definition) is 2. The Kier molecular flexibility index (Phi) is 5.48. The molecule has 0 bridgehead atoms. The number of hydrogen-bond acceptors (Lipinski definition) is 7. The zero-order valence-electron chi connectivity index (χ0n) is 15.7. The first-order valence-electron chi connectivity index (χ1n) is 9.00. The molecule has 0 saturated heterocycles. The summed E-state index contributed by atoms with van der Waals surface area (Å²) in [6, 6.07) is 24.7. The predicted molar refractivity (Wildman–Crippen MR) is 112 cm³/mol. The van der Waals surface area contributed by atoms with E-state index >= 15 is 0 Å². The number of aromatic nitrogens is 3. The van der Waals surface area contributed by atoms with Crippen LogP contribution >= 0.6 is 0 Å². The summed E-state index contributed by atoms with van der Waals surface area (Å²) in [6.07, 6.45) is 1.55. The second-order valence-corrected chi connectivity index (χ2v) is 6.06. The van der Waals surface area contributed by atoms with Gasteiger partial charge < -0.3 is 20.1 Å². The standard InChI is InChI=1S/C22H19N5O2/c1-28-18-11-7-8-16(14-18)24-22-26-21(15-23-27-22)25-19-12-5-6-13-20(19)29-17-9-3-2-4-10-17/h2-15H,1H3,(H2,24,25,26,27). The first-order chi connectivity index (χ1) is 14.3. The molecule has 0 aliphatic heterocycles. The number of nitrogens with one attached hydrogen (secondary N) is 2. The molecule has 7 heteroatoms. The van der Waals surface area contributed by atoms with Gasteiger partial charge in [-0.15, -0.1) is 5.10 Å². The van der Waals surface area contributed by atoms with Crippen LogP contribution in [0.4, 0.5) is 23.1 Å². The van der Waals surface area contributed by atoms with E-state index in [0.717, 1.165) is 22.9 Å². The molecule has 3 aromatic carbocycles. The van der Waals surface area contributed by atoms with Crippen molar-refractivity contribution in [2.24, 2.45) is 0 Å². The lowest BCUT2D eigenvalue weighted by Gasteiger charge is -2.13. The first kappa shape index (κ1) is 18.2. The lowest BCUT2D eigenvalue weighted by atomic mass is 10.3. The van der Waals surface area contributed by atoms with E-state index in [1.165, 1.54) is 0 Å². The molecule has 0 aliphatic carbocycles. The van der Waals surface area contributed by atoms with E-state index < -0.39 is 0 Å². The largest absolute Gasteiger partial charge is 0.497 e. The van der Waals surface area contributed by atoms with Crippen molar-refractivity contribution in [1.82, 2.24) is 15.2 Å². The van der Waals surface area contributed by atoms with Gasteiger partial charge in [-0.2, -0.15) is 10.1 Å². The highest BCUT2D eigenvalue weighted by molar-refractivity contribution is 5.65. The van der Waals surface area contributed by atoms with E-state index in [1.807, 2.05) is 78.9 Å². The molecule has 0 aliphatic rings. The lowest BCUT2D eigenvalue weighted by Crippen LogP contribution is -2.03. The third-order valence-corrected chi connectivity index (χ3v) is 4.01. The van der Waals surface area contributed by atoms with Gasteiger partial charge in [0.25, 0.3) is 0 Å². The van der Waals surface area contributed by atoms with Crippen LogP contribution < -0.4 is 20.1 Å². The molecule has 0 unspecified atom stereocenters. The van der Waals surface area contributed by atoms with E-state index in [4.69, 9.17) is 9.47 Å². The van der Waals surface area contributed by atoms with Crippen LogP contribution in [-0.2, 0) is 0 Å². The number of para-hydroxylation sites is 3. The van der Waals surface area contributed by atoms with E-state index in [9.17, 15) is 0 Å². The topological polar surface area (TPSA) is 81.2 Å². The van der Waals surface area contributed by atoms with Crippen molar-refractivity contribution in [3.8, 4) is 17.2 Å². The van der Waals surface area contributed by atoms with E-state index in [1.54, 1.807) is 13.3 Å². The van der Waals surface area contributed by atoms with Crippen molar-refractivity contribution in [1.29, 1.82) is 0 Å². The summed E-state index contributed by atoms with van der Waals surface area (Å²) in [5, 5.41) is 14.4. The minimum Gasteiger partial charge on any atom is -0.497 e. The minimum atomic E-state index is 0.365. The van der Waals surface area contributed by atoms with Crippen LogP contribution in [0, 0.1) is 0 Å². The molecule has 0 saturated carbocycles. The third-order valence-electron chi connectivity index (χ3n) is 4.01. The molecular formula is C22H19N5O2. The molecule has 0 radical (unpaired) electrons. The second kappa shape index (κ2) is 8.71.